The molecule has 0 N–H and O–H groups in total. The molecule has 2 aliphatic rings. The van der Waals surface area contributed by atoms with E-state index in [0.717, 1.165) is 19.3 Å². The van der Waals surface area contributed by atoms with Crippen LogP contribution in [0.25, 0.3) is 0 Å². The van der Waals surface area contributed by atoms with E-state index in [0.29, 0.717) is 31.4 Å². The van der Waals surface area contributed by atoms with Crippen LogP contribution in [0.4, 0.5) is 4.39 Å². The van der Waals surface area contributed by atoms with E-state index >= 15 is 0 Å². The normalized spacial score (nSPS) is 27.2. The molecule has 6 heteroatoms. The molecule has 1 amide bonds. The van der Waals surface area contributed by atoms with Gasteiger partial charge in [0.05, 0.1) is 25.4 Å². The van der Waals surface area contributed by atoms with Gasteiger partial charge in [-0.1, -0.05) is 6.42 Å². The fourth-order valence-corrected chi connectivity index (χ4v) is 3.73. The van der Waals surface area contributed by atoms with Gasteiger partial charge in [0.25, 0.3) is 5.91 Å². The Balaban J connectivity index is 1.61. The number of methoxy groups -OCH3 is 1. The number of carbonyl (C=O) groups is 1. The van der Waals surface area contributed by atoms with Crippen molar-refractivity contribution >= 4 is 5.91 Å². The van der Waals surface area contributed by atoms with E-state index < -0.39 is 0 Å². The predicted octanol–water partition coefficient (Wildman–Crippen LogP) is 2.25. The largest absolute Gasteiger partial charge is 0.484 e. The lowest BCUT2D eigenvalue weighted by molar-refractivity contribution is -0.146. The third-order valence-corrected chi connectivity index (χ3v) is 4.96. The summed E-state index contributed by atoms with van der Waals surface area (Å²) in [5.41, 5.74) is 0. The second-order valence-electron chi connectivity index (χ2n) is 6.34. The van der Waals surface area contributed by atoms with Crippen molar-refractivity contribution in [2.45, 2.75) is 31.4 Å². The smallest absolute Gasteiger partial charge is 0.260 e. The van der Waals surface area contributed by atoms with E-state index in [4.69, 9.17) is 14.2 Å². The molecule has 1 aromatic carbocycles. The van der Waals surface area contributed by atoms with Crippen molar-refractivity contribution in [1.82, 2.24) is 4.90 Å². The van der Waals surface area contributed by atoms with Crippen LogP contribution in [0.5, 0.6) is 5.75 Å². The molecule has 1 aromatic rings. The summed E-state index contributed by atoms with van der Waals surface area (Å²) in [5, 5.41) is 0. The molecule has 1 saturated carbocycles. The minimum absolute atomic E-state index is 0.0375. The Labute approximate surface area is 141 Å². The van der Waals surface area contributed by atoms with E-state index in [9.17, 15) is 9.18 Å². The van der Waals surface area contributed by atoms with Crippen molar-refractivity contribution in [2.24, 2.45) is 5.92 Å². The van der Waals surface area contributed by atoms with Crippen molar-refractivity contribution in [3.05, 3.63) is 30.1 Å². The van der Waals surface area contributed by atoms with Crippen LogP contribution in [-0.4, -0.2) is 56.4 Å². The van der Waals surface area contributed by atoms with E-state index in [2.05, 4.69) is 0 Å². The van der Waals surface area contributed by atoms with Gasteiger partial charge in [-0.15, -0.1) is 0 Å². The van der Waals surface area contributed by atoms with Gasteiger partial charge >= 0.3 is 0 Å². The summed E-state index contributed by atoms with van der Waals surface area (Å²) >= 11 is 0. The van der Waals surface area contributed by atoms with Crippen molar-refractivity contribution in [2.75, 3.05) is 33.5 Å². The Hall–Kier alpha value is -1.66. The summed E-state index contributed by atoms with van der Waals surface area (Å²) in [5.74, 6) is 0.415. The Bertz CT molecular complexity index is 550. The van der Waals surface area contributed by atoms with Crippen molar-refractivity contribution in [3.8, 4) is 5.75 Å². The maximum absolute atomic E-state index is 12.9. The molecule has 0 radical (unpaired) electrons. The number of benzene rings is 1. The van der Waals surface area contributed by atoms with Gasteiger partial charge < -0.3 is 19.1 Å². The van der Waals surface area contributed by atoms with Crippen LogP contribution >= 0.6 is 0 Å². The summed E-state index contributed by atoms with van der Waals surface area (Å²) in [4.78, 5) is 14.5. The maximum atomic E-state index is 12.9. The molecule has 1 saturated heterocycles. The molecule has 0 spiro atoms. The zero-order chi connectivity index (χ0) is 16.9. The number of rotatable bonds is 5. The number of amides is 1. The number of carbonyl (C=O) groups excluding carboxylic acids is 1. The van der Waals surface area contributed by atoms with E-state index in [1.54, 1.807) is 7.11 Å². The number of hydrogen-bond acceptors (Lipinski definition) is 4. The highest BCUT2D eigenvalue weighted by Gasteiger charge is 2.40. The Kier molecular flexibility index (Phi) is 5.68. The number of halogens is 1. The average molecular weight is 337 g/mol. The van der Waals surface area contributed by atoms with Gasteiger partial charge in [-0.25, -0.2) is 4.39 Å². The molecular weight excluding hydrogens is 313 g/mol. The highest BCUT2D eigenvalue weighted by molar-refractivity contribution is 5.78. The molecule has 1 heterocycles. The molecule has 0 aromatic heterocycles. The predicted molar refractivity (Wildman–Crippen MR) is 86.4 cm³/mol. The minimum atomic E-state index is -0.325. The first-order valence-corrected chi connectivity index (χ1v) is 8.47. The number of ether oxygens (including phenoxy) is 3. The standard InChI is InChI=1S/C18H24FNO4/c1-22-17-4-2-3-15(17)16-11-23-10-9-20(16)18(21)12-24-14-7-5-13(19)6-8-14/h5-8,15-17H,2-4,9-12H2,1H3/t15-,16-,17-/m1/s1. The van der Waals surface area contributed by atoms with Crippen LogP contribution in [-0.2, 0) is 14.3 Å². The first kappa shape index (κ1) is 17.2. The quantitative estimate of drug-likeness (QED) is 0.827. The fourth-order valence-electron chi connectivity index (χ4n) is 3.73. The van der Waals surface area contributed by atoms with Crippen LogP contribution in [0.1, 0.15) is 19.3 Å². The number of hydrogen-bond donors (Lipinski definition) is 0. The second-order valence-corrected chi connectivity index (χ2v) is 6.34. The van der Waals surface area contributed by atoms with Gasteiger partial charge in [0, 0.05) is 19.6 Å². The summed E-state index contributed by atoms with van der Waals surface area (Å²) in [6.45, 7) is 1.62. The molecular formula is C18H24FNO4. The molecule has 24 heavy (non-hydrogen) atoms. The summed E-state index contributed by atoms with van der Waals surface area (Å²) < 4.78 is 29.6. The van der Waals surface area contributed by atoms with Crippen molar-refractivity contribution in [1.29, 1.82) is 0 Å². The van der Waals surface area contributed by atoms with Gasteiger partial charge in [0.1, 0.15) is 11.6 Å². The number of nitrogens with zero attached hydrogens (tertiary/aromatic N) is 1. The lowest BCUT2D eigenvalue weighted by Crippen LogP contribution is -2.54. The highest BCUT2D eigenvalue weighted by Crippen LogP contribution is 2.34. The Morgan fingerprint density at radius 2 is 2.12 bits per heavy atom. The fraction of sp³-hybridized carbons (Fsp3) is 0.611. The lowest BCUT2D eigenvalue weighted by atomic mass is 9.94. The van der Waals surface area contributed by atoms with Crippen LogP contribution < -0.4 is 4.74 Å². The maximum Gasteiger partial charge on any atom is 0.260 e. The monoisotopic (exact) mass is 337 g/mol. The molecule has 1 aliphatic heterocycles. The molecule has 5 nitrogen and oxygen atoms in total. The minimum Gasteiger partial charge on any atom is -0.484 e. The van der Waals surface area contributed by atoms with E-state index in [-0.39, 0.29) is 30.5 Å². The van der Waals surface area contributed by atoms with Gasteiger partial charge in [0.15, 0.2) is 6.61 Å². The van der Waals surface area contributed by atoms with Crippen molar-refractivity contribution < 1.29 is 23.4 Å². The molecule has 3 atom stereocenters. The zero-order valence-corrected chi connectivity index (χ0v) is 13.9. The van der Waals surface area contributed by atoms with Crippen LogP contribution in [0, 0.1) is 11.7 Å². The molecule has 2 fully saturated rings. The molecule has 132 valence electrons. The van der Waals surface area contributed by atoms with E-state index in [1.165, 1.54) is 24.3 Å². The average Bonchev–Trinajstić information content (AvgIpc) is 3.09. The molecule has 0 unspecified atom stereocenters. The Morgan fingerprint density at radius 1 is 1.33 bits per heavy atom. The third kappa shape index (κ3) is 3.87. The Morgan fingerprint density at radius 3 is 2.88 bits per heavy atom. The van der Waals surface area contributed by atoms with Crippen LogP contribution in [0.15, 0.2) is 24.3 Å². The molecule has 1 aliphatic carbocycles. The van der Waals surface area contributed by atoms with Crippen molar-refractivity contribution in [3.63, 3.8) is 0 Å². The lowest BCUT2D eigenvalue weighted by Gasteiger charge is -2.40. The SMILES string of the molecule is CO[C@@H]1CCC[C@@H]1[C@H]1COCCN1C(=O)COc1ccc(F)cc1. The van der Waals surface area contributed by atoms with E-state index in [1.807, 2.05) is 4.90 Å². The number of morpholine rings is 1. The first-order chi connectivity index (χ1) is 11.7. The highest BCUT2D eigenvalue weighted by atomic mass is 19.1. The van der Waals surface area contributed by atoms with Gasteiger partial charge in [-0.3, -0.25) is 4.79 Å². The van der Waals surface area contributed by atoms with Gasteiger partial charge in [-0.05, 0) is 37.1 Å². The van der Waals surface area contributed by atoms with Gasteiger partial charge in [0.2, 0.25) is 0 Å². The summed E-state index contributed by atoms with van der Waals surface area (Å²) in [6, 6.07) is 5.72. The zero-order valence-electron chi connectivity index (χ0n) is 13.9. The summed E-state index contributed by atoms with van der Waals surface area (Å²) in [6.07, 6.45) is 3.39. The van der Waals surface area contributed by atoms with Gasteiger partial charge in [-0.2, -0.15) is 0 Å². The first-order valence-electron chi connectivity index (χ1n) is 8.47. The third-order valence-electron chi connectivity index (χ3n) is 4.96. The topological polar surface area (TPSA) is 48.0 Å². The van der Waals surface area contributed by atoms with Crippen LogP contribution in [0.3, 0.4) is 0 Å². The second kappa shape index (κ2) is 7.94. The molecule has 3 rings (SSSR count). The molecule has 0 bridgehead atoms. The summed E-state index contributed by atoms with van der Waals surface area (Å²) in [7, 11) is 1.73. The van der Waals surface area contributed by atoms with Crippen LogP contribution in [0.2, 0.25) is 0 Å².